The quantitative estimate of drug-likeness (QED) is 0.832. The van der Waals surface area contributed by atoms with Gasteiger partial charge < -0.3 is 5.32 Å². The maximum Gasteiger partial charge on any atom is 0.126 e. The van der Waals surface area contributed by atoms with Gasteiger partial charge in [0, 0.05) is 6.54 Å². The molecule has 0 aliphatic heterocycles. The van der Waals surface area contributed by atoms with Gasteiger partial charge in [-0.05, 0) is 42.3 Å². The number of benzene rings is 2. The van der Waals surface area contributed by atoms with Crippen molar-refractivity contribution in [1.82, 2.24) is 5.32 Å². The molecule has 3 heteroatoms. The Balaban J connectivity index is 1.81. The Labute approximate surface area is 112 Å². The minimum absolute atomic E-state index is 0.157. The van der Waals surface area contributed by atoms with Crippen LogP contribution in [-0.2, 0) is 13.0 Å². The van der Waals surface area contributed by atoms with Crippen molar-refractivity contribution in [3.05, 3.63) is 71.0 Å². The summed E-state index contributed by atoms with van der Waals surface area (Å²) in [6.07, 6.45) is 0.657. The van der Waals surface area contributed by atoms with Gasteiger partial charge in [0.2, 0.25) is 0 Å². The topological polar surface area (TPSA) is 35.8 Å². The fourth-order valence-corrected chi connectivity index (χ4v) is 1.91. The van der Waals surface area contributed by atoms with Crippen LogP contribution in [0.2, 0.25) is 0 Å². The molecule has 0 aliphatic carbocycles. The lowest BCUT2D eigenvalue weighted by atomic mass is 10.1. The largest absolute Gasteiger partial charge is 0.312 e. The maximum atomic E-state index is 13.4. The van der Waals surface area contributed by atoms with Crippen LogP contribution >= 0.6 is 0 Å². The van der Waals surface area contributed by atoms with E-state index in [0.717, 1.165) is 11.1 Å². The van der Waals surface area contributed by atoms with E-state index in [4.69, 9.17) is 5.26 Å². The first-order valence-corrected chi connectivity index (χ1v) is 6.23. The fraction of sp³-hybridized carbons (Fsp3) is 0.188. The molecule has 0 fully saturated rings. The summed E-state index contributed by atoms with van der Waals surface area (Å²) in [5, 5.41) is 12.1. The van der Waals surface area contributed by atoms with E-state index in [1.54, 1.807) is 18.2 Å². The zero-order chi connectivity index (χ0) is 13.5. The van der Waals surface area contributed by atoms with Crippen LogP contribution in [0.1, 0.15) is 16.7 Å². The van der Waals surface area contributed by atoms with E-state index in [2.05, 4.69) is 11.4 Å². The molecular weight excluding hydrogens is 239 g/mol. The Morgan fingerprint density at radius 2 is 1.95 bits per heavy atom. The van der Waals surface area contributed by atoms with Crippen molar-refractivity contribution in [3.63, 3.8) is 0 Å². The van der Waals surface area contributed by atoms with Gasteiger partial charge in [0.15, 0.2) is 0 Å². The highest BCUT2D eigenvalue weighted by Crippen LogP contribution is 2.07. The number of rotatable bonds is 5. The Bertz CT molecular complexity index is 587. The highest BCUT2D eigenvalue weighted by atomic mass is 19.1. The number of nitrogens with zero attached hydrogens (tertiary/aromatic N) is 1. The van der Waals surface area contributed by atoms with Crippen molar-refractivity contribution >= 4 is 0 Å². The van der Waals surface area contributed by atoms with Crippen LogP contribution in [0, 0.1) is 17.1 Å². The van der Waals surface area contributed by atoms with Gasteiger partial charge in [-0.1, -0.05) is 30.3 Å². The summed E-state index contributed by atoms with van der Waals surface area (Å²) in [5.41, 5.74) is 2.45. The first kappa shape index (κ1) is 13.3. The van der Waals surface area contributed by atoms with Crippen LogP contribution in [0.4, 0.5) is 4.39 Å². The molecule has 19 heavy (non-hydrogen) atoms. The average molecular weight is 254 g/mol. The summed E-state index contributed by atoms with van der Waals surface area (Å²) >= 11 is 0. The normalized spacial score (nSPS) is 10.1. The van der Waals surface area contributed by atoms with Gasteiger partial charge in [-0.25, -0.2) is 4.39 Å². The lowest BCUT2D eigenvalue weighted by Crippen LogP contribution is -2.17. The molecule has 1 N–H and O–H groups in total. The van der Waals surface area contributed by atoms with Crippen LogP contribution in [-0.4, -0.2) is 6.54 Å². The molecule has 0 aliphatic rings. The molecule has 0 unspecified atom stereocenters. The molecule has 0 aromatic heterocycles. The van der Waals surface area contributed by atoms with Gasteiger partial charge >= 0.3 is 0 Å². The minimum atomic E-state index is -0.157. The molecule has 2 rings (SSSR count). The van der Waals surface area contributed by atoms with E-state index in [1.165, 1.54) is 6.07 Å². The monoisotopic (exact) mass is 254 g/mol. The molecule has 0 amide bonds. The van der Waals surface area contributed by atoms with Gasteiger partial charge in [-0.15, -0.1) is 0 Å². The number of hydrogen-bond donors (Lipinski definition) is 1. The zero-order valence-electron chi connectivity index (χ0n) is 10.6. The van der Waals surface area contributed by atoms with Crippen molar-refractivity contribution < 1.29 is 4.39 Å². The number of hydrogen-bond acceptors (Lipinski definition) is 2. The fourth-order valence-electron chi connectivity index (χ4n) is 1.91. The summed E-state index contributed by atoms with van der Waals surface area (Å²) in [5.74, 6) is -0.157. The van der Waals surface area contributed by atoms with Crippen LogP contribution in [0.15, 0.2) is 48.5 Å². The first-order valence-electron chi connectivity index (χ1n) is 6.23. The average Bonchev–Trinajstić information content (AvgIpc) is 2.45. The van der Waals surface area contributed by atoms with Crippen LogP contribution < -0.4 is 5.32 Å². The highest BCUT2D eigenvalue weighted by Gasteiger charge is 2.00. The van der Waals surface area contributed by atoms with Crippen molar-refractivity contribution in [2.75, 3.05) is 6.54 Å². The van der Waals surface area contributed by atoms with E-state index in [9.17, 15) is 4.39 Å². The SMILES string of the molecule is N#Cc1cccc(CNCCc2ccccc2F)c1. The lowest BCUT2D eigenvalue weighted by molar-refractivity contribution is 0.598. The van der Waals surface area contributed by atoms with Crippen molar-refractivity contribution in [2.45, 2.75) is 13.0 Å². The molecule has 0 bridgehead atoms. The number of halogens is 1. The van der Waals surface area contributed by atoms with Crippen molar-refractivity contribution in [2.24, 2.45) is 0 Å². The van der Waals surface area contributed by atoms with Gasteiger partial charge in [0.1, 0.15) is 5.82 Å². The number of nitrogens with one attached hydrogen (secondary N) is 1. The van der Waals surface area contributed by atoms with E-state index < -0.39 is 0 Å². The van der Waals surface area contributed by atoms with Gasteiger partial charge in [0.05, 0.1) is 11.6 Å². The standard InChI is InChI=1S/C16H15FN2/c17-16-7-2-1-6-15(16)8-9-19-12-14-5-3-4-13(10-14)11-18/h1-7,10,19H,8-9,12H2. The maximum absolute atomic E-state index is 13.4. The van der Waals surface area contributed by atoms with Crippen molar-refractivity contribution in [1.29, 1.82) is 5.26 Å². The minimum Gasteiger partial charge on any atom is -0.312 e. The van der Waals surface area contributed by atoms with Gasteiger partial charge in [0.25, 0.3) is 0 Å². The van der Waals surface area contributed by atoms with Crippen LogP contribution in [0.3, 0.4) is 0 Å². The second-order valence-corrected chi connectivity index (χ2v) is 4.33. The summed E-state index contributed by atoms with van der Waals surface area (Å²) < 4.78 is 13.4. The first-order chi connectivity index (χ1) is 9.29. The summed E-state index contributed by atoms with van der Waals surface area (Å²) in [7, 11) is 0. The summed E-state index contributed by atoms with van der Waals surface area (Å²) in [4.78, 5) is 0. The Hall–Kier alpha value is -2.18. The van der Waals surface area contributed by atoms with Crippen LogP contribution in [0.25, 0.3) is 0 Å². The Kier molecular flexibility index (Phi) is 4.66. The molecule has 2 aromatic carbocycles. The number of nitriles is 1. The predicted octanol–water partition coefficient (Wildman–Crippen LogP) is 3.03. The molecule has 0 atom stereocenters. The third-order valence-electron chi connectivity index (χ3n) is 2.91. The third-order valence-corrected chi connectivity index (χ3v) is 2.91. The highest BCUT2D eigenvalue weighted by molar-refractivity contribution is 5.32. The molecule has 2 nitrogen and oxygen atoms in total. The van der Waals surface area contributed by atoms with Gasteiger partial charge in [-0.3, -0.25) is 0 Å². The molecular formula is C16H15FN2. The smallest absolute Gasteiger partial charge is 0.126 e. The third kappa shape index (κ3) is 3.90. The lowest BCUT2D eigenvalue weighted by Gasteiger charge is -2.06. The van der Waals surface area contributed by atoms with E-state index >= 15 is 0 Å². The molecule has 96 valence electrons. The zero-order valence-corrected chi connectivity index (χ0v) is 10.6. The summed E-state index contributed by atoms with van der Waals surface area (Å²) in [6, 6.07) is 16.4. The second-order valence-electron chi connectivity index (χ2n) is 4.33. The van der Waals surface area contributed by atoms with Gasteiger partial charge in [-0.2, -0.15) is 5.26 Å². The molecule has 0 spiro atoms. The van der Waals surface area contributed by atoms with Crippen molar-refractivity contribution in [3.8, 4) is 6.07 Å². The Morgan fingerprint density at radius 3 is 2.74 bits per heavy atom. The molecule has 2 aromatic rings. The molecule has 0 heterocycles. The van der Waals surface area contributed by atoms with E-state index in [-0.39, 0.29) is 5.82 Å². The van der Waals surface area contributed by atoms with Crippen LogP contribution in [0.5, 0.6) is 0 Å². The Morgan fingerprint density at radius 1 is 1.11 bits per heavy atom. The van der Waals surface area contributed by atoms with E-state index in [1.807, 2.05) is 24.3 Å². The second kappa shape index (κ2) is 6.67. The van der Waals surface area contributed by atoms with E-state index in [0.29, 0.717) is 25.1 Å². The molecule has 0 radical (unpaired) electrons. The summed E-state index contributed by atoms with van der Waals surface area (Å²) in [6.45, 7) is 1.39. The molecule has 0 saturated carbocycles. The predicted molar refractivity (Wildman–Crippen MR) is 73.0 cm³/mol. The molecule has 0 saturated heterocycles.